The molecule has 2 fully saturated rings. The van der Waals surface area contributed by atoms with Gasteiger partial charge in [0.25, 0.3) is 0 Å². The van der Waals surface area contributed by atoms with Crippen molar-refractivity contribution in [3.05, 3.63) is 24.3 Å². The van der Waals surface area contributed by atoms with Crippen LogP contribution in [0.4, 0.5) is 0 Å². The van der Waals surface area contributed by atoms with Crippen molar-refractivity contribution in [2.75, 3.05) is 21.2 Å². The first-order valence-electron chi connectivity index (χ1n) is 19.4. The van der Waals surface area contributed by atoms with E-state index < -0.39 is 109 Å². The van der Waals surface area contributed by atoms with E-state index in [1.807, 2.05) is 13.8 Å². The lowest BCUT2D eigenvalue weighted by molar-refractivity contribution is -0.344. The Kier molecular flexibility index (Phi) is 18.1. The number of nitrogens with zero attached hydrogens (tertiary/aromatic N) is 1. The maximum atomic E-state index is 13.1. The number of likely N-dealkylation sites (N-methyl/N-ethyl adjacent to an activating group) is 1. The van der Waals surface area contributed by atoms with Crippen molar-refractivity contribution in [3.8, 4) is 0 Å². The number of aliphatic hydroxyl groups is 3. The third-order valence-corrected chi connectivity index (χ3v) is 10.5. The standard InChI is InChI=1S/C40H65NO14/c1-22(2)18-30(45)53-38-26(6)51-32(21-40(38,7)48)54-35-25(5)52-39(34(47)33(35)41(8)9)55-36-27(16-17-42)19-23(3)28(43)15-13-11-12-14-24(4)50-31(46)20-29(44)37(36)49-10/h11-13,15,17,22-27,29,32-39,44,47-48H,14,16,18-21H2,1-10H3/b12-11+,15-13+/t23-,24-,25-,26+,27+,29-,32+,33-,34-,35-,36+,37+,38+,39+,40-/m1/s1. The summed E-state index contributed by atoms with van der Waals surface area (Å²) in [6, 6.07) is -0.768. The van der Waals surface area contributed by atoms with Gasteiger partial charge in [0, 0.05) is 38.7 Å². The lowest BCUT2D eigenvalue weighted by Gasteiger charge is -2.50. The molecule has 0 aromatic heterocycles. The molecule has 0 aromatic carbocycles. The maximum Gasteiger partial charge on any atom is 0.308 e. The van der Waals surface area contributed by atoms with Gasteiger partial charge >= 0.3 is 11.9 Å². The van der Waals surface area contributed by atoms with Crippen LogP contribution in [0, 0.1) is 17.8 Å². The van der Waals surface area contributed by atoms with Crippen LogP contribution < -0.4 is 0 Å². The van der Waals surface area contributed by atoms with E-state index in [2.05, 4.69) is 0 Å². The molecule has 0 bridgehead atoms. The zero-order chi connectivity index (χ0) is 41.2. The molecule has 15 heteroatoms. The first-order valence-corrected chi connectivity index (χ1v) is 19.4. The number of carbonyl (C=O) groups is 4. The van der Waals surface area contributed by atoms with Crippen molar-refractivity contribution in [2.45, 2.75) is 166 Å². The summed E-state index contributed by atoms with van der Waals surface area (Å²) in [4.78, 5) is 52.3. The minimum absolute atomic E-state index is 0.0389. The van der Waals surface area contributed by atoms with Gasteiger partial charge in [-0.1, -0.05) is 39.0 Å². The molecular formula is C40H65NO14. The number of ether oxygens (including phenoxy) is 7. The van der Waals surface area contributed by atoms with E-state index in [9.17, 15) is 34.5 Å². The number of hydrogen-bond donors (Lipinski definition) is 3. The highest BCUT2D eigenvalue weighted by Gasteiger charge is 2.52. The fourth-order valence-corrected chi connectivity index (χ4v) is 7.68. The summed E-state index contributed by atoms with van der Waals surface area (Å²) in [7, 11) is 4.83. The van der Waals surface area contributed by atoms with Crippen LogP contribution in [-0.2, 0) is 52.3 Å². The Bertz CT molecular complexity index is 1320. The van der Waals surface area contributed by atoms with Crippen molar-refractivity contribution in [1.82, 2.24) is 4.90 Å². The lowest BCUT2D eigenvalue weighted by atomic mass is 9.83. The summed E-state index contributed by atoms with van der Waals surface area (Å²) in [5.41, 5.74) is -1.49. The second kappa shape index (κ2) is 21.2. The quantitative estimate of drug-likeness (QED) is 0.204. The van der Waals surface area contributed by atoms with E-state index in [0.717, 1.165) is 0 Å². The Morgan fingerprint density at radius 3 is 2.33 bits per heavy atom. The Morgan fingerprint density at radius 2 is 1.73 bits per heavy atom. The lowest BCUT2D eigenvalue weighted by Crippen LogP contribution is -2.66. The Labute approximate surface area is 325 Å². The predicted molar refractivity (Wildman–Crippen MR) is 199 cm³/mol. The molecule has 3 N–H and O–H groups in total. The third-order valence-electron chi connectivity index (χ3n) is 10.5. The van der Waals surface area contributed by atoms with E-state index in [-0.39, 0.29) is 37.4 Å². The van der Waals surface area contributed by atoms with Gasteiger partial charge < -0.3 is 58.2 Å². The van der Waals surface area contributed by atoms with Crippen molar-refractivity contribution < 1.29 is 67.7 Å². The number of ketones is 1. The van der Waals surface area contributed by atoms with Crippen LogP contribution in [0.2, 0.25) is 0 Å². The summed E-state index contributed by atoms with van der Waals surface area (Å²) >= 11 is 0. The monoisotopic (exact) mass is 783 g/mol. The van der Waals surface area contributed by atoms with Gasteiger partial charge in [-0.3, -0.25) is 14.4 Å². The third kappa shape index (κ3) is 13.2. The van der Waals surface area contributed by atoms with Gasteiger partial charge in [-0.05, 0) is 66.1 Å². The van der Waals surface area contributed by atoms with Crippen LogP contribution in [0.3, 0.4) is 0 Å². The molecule has 0 aliphatic carbocycles. The summed E-state index contributed by atoms with van der Waals surface area (Å²) in [5.74, 6) is -2.50. The van der Waals surface area contributed by atoms with Gasteiger partial charge in [-0.25, -0.2) is 0 Å². The number of methoxy groups -OCH3 is 1. The predicted octanol–water partition coefficient (Wildman–Crippen LogP) is 2.65. The summed E-state index contributed by atoms with van der Waals surface area (Å²) < 4.78 is 42.3. The molecule has 0 amide bonds. The average Bonchev–Trinajstić information content (AvgIpc) is 3.06. The van der Waals surface area contributed by atoms with Crippen LogP contribution in [0.15, 0.2) is 24.3 Å². The first-order chi connectivity index (χ1) is 25.8. The smallest absolute Gasteiger partial charge is 0.308 e. The molecular weight excluding hydrogens is 718 g/mol. The summed E-state index contributed by atoms with van der Waals surface area (Å²) in [6.45, 7) is 12.2. The highest BCUT2D eigenvalue weighted by Crippen LogP contribution is 2.37. The largest absolute Gasteiger partial charge is 0.462 e. The van der Waals surface area contributed by atoms with Gasteiger partial charge in [-0.15, -0.1) is 0 Å². The Morgan fingerprint density at radius 1 is 1.04 bits per heavy atom. The van der Waals surface area contributed by atoms with Crippen LogP contribution in [0.25, 0.3) is 0 Å². The van der Waals surface area contributed by atoms with Crippen molar-refractivity contribution in [2.24, 2.45) is 17.8 Å². The summed E-state index contributed by atoms with van der Waals surface area (Å²) in [6.07, 6.45) is -3.87. The highest BCUT2D eigenvalue weighted by molar-refractivity contribution is 5.91. The molecule has 3 aliphatic rings. The second-order valence-corrected chi connectivity index (χ2v) is 16.2. The van der Waals surface area contributed by atoms with Gasteiger partial charge in [0.05, 0.1) is 36.9 Å². The molecule has 0 spiro atoms. The van der Waals surface area contributed by atoms with Crippen LogP contribution in [-0.4, -0.2) is 145 Å². The molecule has 3 aliphatic heterocycles. The van der Waals surface area contributed by atoms with E-state index in [1.54, 1.807) is 71.8 Å². The van der Waals surface area contributed by atoms with Gasteiger partial charge in [-0.2, -0.15) is 0 Å². The number of cyclic esters (lactones) is 1. The van der Waals surface area contributed by atoms with E-state index >= 15 is 0 Å². The minimum atomic E-state index is -1.49. The highest BCUT2D eigenvalue weighted by atomic mass is 16.7. The minimum Gasteiger partial charge on any atom is -0.462 e. The fraction of sp³-hybridized carbons (Fsp3) is 0.800. The fourth-order valence-electron chi connectivity index (χ4n) is 7.68. The average molecular weight is 784 g/mol. The van der Waals surface area contributed by atoms with Crippen molar-refractivity contribution in [1.29, 1.82) is 0 Å². The molecule has 55 heavy (non-hydrogen) atoms. The number of aldehydes is 1. The first kappa shape index (κ1) is 46.8. The Hall–Kier alpha value is -2.60. The second-order valence-electron chi connectivity index (χ2n) is 16.2. The van der Waals surface area contributed by atoms with Gasteiger partial charge in [0.2, 0.25) is 0 Å². The van der Waals surface area contributed by atoms with Crippen LogP contribution in [0.1, 0.15) is 87.0 Å². The molecule has 15 nitrogen and oxygen atoms in total. The van der Waals surface area contributed by atoms with Gasteiger partial charge in [0.15, 0.2) is 24.5 Å². The zero-order valence-corrected chi connectivity index (χ0v) is 34.1. The van der Waals surface area contributed by atoms with E-state index in [4.69, 9.17) is 33.2 Å². The van der Waals surface area contributed by atoms with Crippen LogP contribution >= 0.6 is 0 Å². The number of allylic oxidation sites excluding steroid dienone is 3. The number of rotatable bonds is 11. The van der Waals surface area contributed by atoms with Crippen molar-refractivity contribution >= 4 is 24.0 Å². The molecule has 15 atom stereocenters. The SMILES string of the molecule is CO[C@@H]1[C@@H](O[C@@H]2O[C@H](C)[C@@H](O[C@H]3C[C@@](C)(O)[C@@H](OC(=O)CC(C)C)[C@H](C)O3)[C@H](N(C)C)[C@H]2O)[C@@H](CC=O)C[C@@H](C)C(=O)/C=C/C=C/C[C@@H](C)OC(=O)C[C@H]1O. The molecule has 2 saturated heterocycles. The number of esters is 2. The molecule has 0 radical (unpaired) electrons. The normalized spacial score (nSPS) is 41.1. The molecule has 0 aromatic rings. The topological polar surface area (TPSA) is 197 Å². The molecule has 3 heterocycles. The van der Waals surface area contributed by atoms with E-state index in [0.29, 0.717) is 12.7 Å². The van der Waals surface area contributed by atoms with Crippen molar-refractivity contribution in [3.63, 3.8) is 0 Å². The number of carbonyl (C=O) groups excluding carboxylic acids is 4. The van der Waals surface area contributed by atoms with Gasteiger partial charge in [0.1, 0.15) is 36.3 Å². The molecule has 0 unspecified atom stereocenters. The zero-order valence-electron chi connectivity index (χ0n) is 34.1. The van der Waals surface area contributed by atoms with E-state index in [1.165, 1.54) is 13.2 Å². The summed E-state index contributed by atoms with van der Waals surface area (Å²) in [5, 5.41) is 34.7. The number of aliphatic hydroxyl groups excluding tert-OH is 2. The maximum absolute atomic E-state index is 13.1. The molecule has 3 rings (SSSR count). The van der Waals surface area contributed by atoms with Crippen LogP contribution in [0.5, 0.6) is 0 Å². The Balaban J connectivity index is 1.90. The molecule has 0 saturated carbocycles. The molecule has 314 valence electrons. The number of hydrogen-bond acceptors (Lipinski definition) is 15.